The first kappa shape index (κ1) is 109. The number of aliphatic hydroxyl groups is 1. The van der Waals surface area contributed by atoms with Crippen LogP contribution in [0.5, 0.6) is 5.75 Å². The van der Waals surface area contributed by atoms with E-state index in [2.05, 4.69) is 42.5 Å². The van der Waals surface area contributed by atoms with Crippen LogP contribution >= 0.6 is 11.8 Å². The topological polar surface area (TPSA) is 587 Å². The zero-order valence-corrected chi connectivity index (χ0v) is 78.4. The Morgan fingerprint density at radius 2 is 1.07 bits per heavy atom. The molecular weight excluding hydrogens is 1840 g/mol. The summed E-state index contributed by atoms with van der Waals surface area (Å²) in [6.07, 6.45) is -6.87. The number of hydrogen-bond acceptors (Lipinski definition) is 23. The van der Waals surface area contributed by atoms with Gasteiger partial charge in [0.05, 0.1) is 37.5 Å². The monoisotopic (exact) mass is 1960 g/mol. The Kier molecular flexibility index (Phi) is 40.3. The zero-order valence-electron chi connectivity index (χ0n) is 77.6. The van der Waals surface area contributed by atoms with Gasteiger partial charge in [-0.05, 0) is 96.3 Å². The maximum absolute atomic E-state index is 15.7. The van der Waals surface area contributed by atoms with Gasteiger partial charge < -0.3 is 113 Å². The van der Waals surface area contributed by atoms with Crippen molar-refractivity contribution in [3.8, 4) is 5.75 Å². The molecule has 3 aliphatic rings. The number of rotatable bonds is 28. The Bertz CT molecular complexity index is 5430. The van der Waals surface area contributed by atoms with Crippen molar-refractivity contribution in [3.63, 3.8) is 0 Å². The summed E-state index contributed by atoms with van der Waals surface area (Å²) in [7, 11) is 3.53. The van der Waals surface area contributed by atoms with Crippen LogP contribution in [0.1, 0.15) is 119 Å². The lowest BCUT2D eigenvalue weighted by Gasteiger charge is -2.38. The smallest absolute Gasteiger partial charge is 0.323 e. The molecule has 40 nitrogen and oxygen atoms in total. The number of ketones is 1. The number of halogens is 3. The fourth-order valence-corrected chi connectivity index (χ4v) is 17.6. The maximum atomic E-state index is 15.7. The van der Waals surface area contributed by atoms with Crippen LogP contribution in [0, 0.1) is 23.4 Å². The number of primary amides is 1. The molecule has 3 fully saturated rings. The molecule has 44 heteroatoms. The number of Topliss-reactive ketones (excluding diaryl/α,β-unsaturated/α-hetero) is 1. The number of benzene rings is 5. The van der Waals surface area contributed by atoms with E-state index >= 15 is 56.7 Å². The standard InChI is InChI=1S/C95H119F3N16O24S/c1-7-8-24-71-94(136)114-47-59(116)44-73(114)89(131)106-67(45-80(122)123)87(129)108-83(52(2)3)95(137)110(5)72(41-53-18-11-9-12-19-53)88(130)103-64(30-33-79(120)121)92(134)113-35-36-138-49-75(113)90(132)105-66(43-57-46-112(48-81(124)125)70-25-16-15-22-60(57)70)86(128)104-65(39-55-26-28-58(115)29-27-55)85(127)102-63(23-17-34-99)84(126)107-69(76(117)31-32-77(100)118)50-139-51-78(119)101-68(40-56-37-61(96)82(98)62(97)38-56)91(133)111(6)74(93(135)109(71)4)42-54-20-13-10-14-21-54/h9-16,18-22,25-29,37-38,46,52,59,63-69,71-75,83,115-116H,7-8,17,23-24,30-36,39-45,47-51,99H2,1-6H3,(H2,100,118)(H,101,119)(H,102,127)(H,103,130)(H,104,128)(H,105,132)(H,106,131)(H,107,126)(H,108,129)(H,120,121)(H,122,123)(H,124,125)/t59-,63-,64-,65-,66-,67-,68-,69-,71-,72-,73+,74-,75+,83-/m0/s1. The SMILES string of the molecule is CCCC[C@H]1C(=O)N2C[C@@H](O)C[C@@H]2C(=O)N[C@@H](CC(=O)O)C(=O)N[C@@H](C(C)C)C(=O)N(C)[C@@H](Cc2ccccc2)C(=O)N[C@@H](CCC(=O)O)C(=O)N2CCOC[C@@H]2C(=O)N[C@@H](Cc2cn(CC(=O)O)c3ccccc23)C(=O)N[C@@H](Cc2ccc(O)cc2)C(=O)N[C@@H](CCCN)C(=O)N[C@H](C(=O)CCC(N)=O)CSCC(=O)N[C@@H](Cc2cc(F)c(F)c(F)c2)C(=O)N(C)[C@@H](Cc2ccccc2)C(=O)N1C. The van der Waals surface area contributed by atoms with Crippen LogP contribution in [0.2, 0.25) is 0 Å². The molecule has 0 spiro atoms. The number of nitrogens with zero attached hydrogens (tertiary/aromatic N) is 6. The van der Waals surface area contributed by atoms with E-state index in [0.717, 1.165) is 31.5 Å². The lowest BCUT2D eigenvalue weighted by atomic mass is 9.98. The number of aliphatic hydroxyl groups excluding tert-OH is 1. The third-order valence-electron chi connectivity index (χ3n) is 24.3. The Balaban J connectivity index is 1.16. The Hall–Kier alpha value is -13.9. The minimum atomic E-state index is -2.09. The Morgan fingerprint density at radius 1 is 0.518 bits per heavy atom. The number of para-hydroxylation sites is 1. The number of unbranched alkanes of at least 4 members (excludes halogenated alkanes) is 1. The number of aliphatic carboxylic acids is 3. The molecule has 17 N–H and O–H groups in total. The van der Waals surface area contributed by atoms with E-state index in [4.69, 9.17) is 16.2 Å². The van der Waals surface area contributed by atoms with Gasteiger partial charge >= 0.3 is 17.9 Å². The van der Waals surface area contributed by atoms with E-state index < -0.39 is 316 Å². The third-order valence-corrected chi connectivity index (χ3v) is 25.3. The minimum Gasteiger partial charge on any atom is -0.508 e. The molecule has 0 saturated carbocycles. The van der Waals surface area contributed by atoms with Crippen LogP contribution in [-0.4, -0.2) is 311 Å². The van der Waals surface area contributed by atoms with E-state index in [1.807, 2.05) is 0 Å². The number of nitrogens with one attached hydrogen (secondary N) is 8. The average molecular weight is 1960 g/mol. The molecule has 6 aromatic rings. The summed E-state index contributed by atoms with van der Waals surface area (Å²) in [6.45, 7) is 2.03. The molecule has 14 atom stereocenters. The van der Waals surface area contributed by atoms with Crippen molar-refractivity contribution >= 4 is 129 Å². The summed E-state index contributed by atoms with van der Waals surface area (Å²) in [4.78, 5) is 268. The number of carbonyl (C=O) groups excluding carboxylic acids is 15. The molecule has 4 heterocycles. The van der Waals surface area contributed by atoms with Crippen LogP contribution in [0.15, 0.2) is 128 Å². The van der Waals surface area contributed by atoms with Crippen molar-refractivity contribution in [2.24, 2.45) is 17.4 Å². The van der Waals surface area contributed by atoms with Gasteiger partial charge in [0, 0.05) is 115 Å². The number of aromatic hydroxyl groups is 1. The van der Waals surface area contributed by atoms with Crippen LogP contribution in [-0.2, 0) is 130 Å². The van der Waals surface area contributed by atoms with Crippen molar-refractivity contribution in [2.75, 3.05) is 65.5 Å². The average Bonchev–Trinajstić information content (AvgIpc) is 1.05. The number of aromatic nitrogens is 1. The van der Waals surface area contributed by atoms with E-state index in [0.29, 0.717) is 52.3 Å². The molecule has 0 unspecified atom stereocenters. The van der Waals surface area contributed by atoms with Crippen LogP contribution in [0.25, 0.3) is 10.9 Å². The number of nitrogens with two attached hydrogens (primary N) is 2. The molecule has 0 radical (unpaired) electrons. The second-order valence-electron chi connectivity index (χ2n) is 34.9. The van der Waals surface area contributed by atoms with Gasteiger partial charge in [-0.15, -0.1) is 11.8 Å². The minimum absolute atomic E-state index is 0.0210. The highest BCUT2D eigenvalue weighted by Gasteiger charge is 2.48. The molecule has 9 rings (SSSR count). The van der Waals surface area contributed by atoms with Gasteiger partial charge in [0.2, 0.25) is 82.7 Å². The number of carbonyl (C=O) groups is 18. The number of phenolic OH excluding ortho intramolecular Hbond substituents is 1. The second kappa shape index (κ2) is 51.5. The third kappa shape index (κ3) is 30.6. The highest BCUT2D eigenvalue weighted by Crippen LogP contribution is 2.29. The number of thioether (sulfide) groups is 1. The summed E-state index contributed by atoms with van der Waals surface area (Å²) in [6, 6.07) is 5.83. The molecular formula is C95H119F3N16O24S. The highest BCUT2D eigenvalue weighted by molar-refractivity contribution is 8.00. The molecule has 3 saturated heterocycles. The largest absolute Gasteiger partial charge is 0.508 e. The van der Waals surface area contributed by atoms with E-state index in [1.165, 1.54) is 63.0 Å². The van der Waals surface area contributed by atoms with Gasteiger partial charge in [-0.3, -0.25) is 86.3 Å². The number of hydrogen-bond donors (Lipinski definition) is 15. The van der Waals surface area contributed by atoms with E-state index in [-0.39, 0.29) is 68.6 Å². The number of carboxylic acids is 3. The summed E-state index contributed by atoms with van der Waals surface area (Å²) in [5.74, 6) is -28.3. The van der Waals surface area contributed by atoms with Gasteiger partial charge in [-0.25, -0.2) is 13.2 Å². The number of morpholine rings is 1. The summed E-state index contributed by atoms with van der Waals surface area (Å²) >= 11 is 0.648. The molecule has 750 valence electrons. The first-order valence-corrected chi connectivity index (χ1v) is 46.6. The van der Waals surface area contributed by atoms with Crippen molar-refractivity contribution in [2.45, 2.75) is 215 Å². The fraction of sp³-hybridized carbons (Fsp3) is 0.474. The molecule has 139 heavy (non-hydrogen) atoms. The number of likely N-dealkylation sites (N-methyl/N-ethyl adjacent to an activating group) is 3. The van der Waals surface area contributed by atoms with Gasteiger partial charge in [0.1, 0.15) is 84.8 Å². The fourth-order valence-electron chi connectivity index (χ4n) is 16.8. The molecule has 1 aromatic heterocycles. The number of ether oxygens (including phenoxy) is 1. The highest BCUT2D eigenvalue weighted by atomic mass is 32.2. The Morgan fingerprint density at radius 3 is 1.68 bits per heavy atom. The normalized spacial score (nSPS) is 23.7. The van der Waals surface area contributed by atoms with Crippen molar-refractivity contribution in [3.05, 3.63) is 173 Å². The van der Waals surface area contributed by atoms with Crippen molar-refractivity contribution in [1.29, 1.82) is 0 Å². The molecule has 0 bridgehead atoms. The zero-order chi connectivity index (χ0) is 102. The lowest BCUT2D eigenvalue weighted by Crippen LogP contribution is -2.64. The predicted octanol–water partition coefficient (Wildman–Crippen LogP) is 0.417. The summed E-state index contributed by atoms with van der Waals surface area (Å²) in [5.41, 5.74) is 12.8. The molecule has 14 amide bonds. The van der Waals surface area contributed by atoms with Crippen LogP contribution in [0.4, 0.5) is 13.2 Å². The predicted molar refractivity (Wildman–Crippen MR) is 495 cm³/mol. The number of amides is 14. The molecule has 5 aromatic carbocycles. The molecule has 0 aliphatic carbocycles. The van der Waals surface area contributed by atoms with E-state index in [9.17, 15) is 68.3 Å². The van der Waals surface area contributed by atoms with Crippen LogP contribution < -0.4 is 54.0 Å². The summed E-state index contributed by atoms with van der Waals surface area (Å²) in [5, 5.41) is 73.5. The van der Waals surface area contributed by atoms with Crippen LogP contribution in [0.3, 0.4) is 0 Å². The van der Waals surface area contributed by atoms with Gasteiger partial charge in [0.25, 0.3) is 0 Å². The van der Waals surface area contributed by atoms with Crippen molar-refractivity contribution < 1.29 is 130 Å². The Labute approximate surface area is 802 Å². The van der Waals surface area contributed by atoms with Gasteiger partial charge in [0.15, 0.2) is 23.2 Å². The number of phenols is 1. The van der Waals surface area contributed by atoms with E-state index in [1.54, 1.807) is 91.9 Å². The first-order valence-electron chi connectivity index (χ1n) is 45.5. The second-order valence-corrected chi connectivity index (χ2v) is 35.9. The lowest BCUT2D eigenvalue weighted by molar-refractivity contribution is -0.152. The summed E-state index contributed by atoms with van der Waals surface area (Å²) < 4.78 is 52.3. The van der Waals surface area contributed by atoms with Gasteiger partial charge in [-0.2, -0.15) is 0 Å². The maximum Gasteiger partial charge on any atom is 0.323 e. The first-order chi connectivity index (χ1) is 66.1. The number of fused-ring (bicyclic) bond motifs is 3. The molecule has 3 aliphatic heterocycles. The van der Waals surface area contributed by atoms with Gasteiger partial charge in [-0.1, -0.05) is 125 Å². The van der Waals surface area contributed by atoms with Crippen molar-refractivity contribution in [1.82, 2.24) is 71.6 Å². The number of carboxylic acid groups (broad SMARTS) is 3. The quantitative estimate of drug-likeness (QED) is 0.0296.